The fourth-order valence-corrected chi connectivity index (χ4v) is 2.42. The molecule has 0 fully saturated rings. The first kappa shape index (κ1) is 12.1. The van der Waals surface area contributed by atoms with E-state index in [1.807, 2.05) is 26.4 Å². The number of rotatable bonds is 5. The summed E-state index contributed by atoms with van der Waals surface area (Å²) in [6.45, 7) is 4.87. The Labute approximate surface area is 94.6 Å². The lowest BCUT2D eigenvalue weighted by atomic mass is 10.2. The van der Waals surface area contributed by atoms with Gasteiger partial charge in [-0.05, 0) is 20.4 Å². The highest BCUT2D eigenvalue weighted by molar-refractivity contribution is 7.09. The van der Waals surface area contributed by atoms with Crippen LogP contribution in [0.4, 0.5) is 0 Å². The van der Waals surface area contributed by atoms with Gasteiger partial charge in [-0.25, -0.2) is 4.98 Å². The minimum Gasteiger partial charge on any atom is -0.386 e. The van der Waals surface area contributed by atoms with Gasteiger partial charge in [-0.2, -0.15) is 0 Å². The first-order valence-corrected chi connectivity index (χ1v) is 5.87. The molecule has 0 aliphatic carbocycles. The number of nitrogens with one attached hydrogen (secondary N) is 1. The maximum Gasteiger partial charge on any atom is 0.108 e. The molecule has 0 radical (unpaired) electrons. The van der Waals surface area contributed by atoms with Crippen molar-refractivity contribution in [3.05, 3.63) is 16.1 Å². The second-order valence-electron chi connectivity index (χ2n) is 3.66. The van der Waals surface area contributed by atoms with E-state index in [2.05, 4.69) is 9.88 Å². The van der Waals surface area contributed by atoms with E-state index >= 15 is 0 Å². The van der Waals surface area contributed by atoms with E-state index < -0.39 is 0 Å². The van der Waals surface area contributed by atoms with Crippen molar-refractivity contribution >= 4 is 17.2 Å². The number of nitrogens with two attached hydrogens (primary N) is 1. The number of thiazole rings is 1. The summed E-state index contributed by atoms with van der Waals surface area (Å²) in [5, 5.41) is 7.49. The molecule has 0 aliphatic heterocycles. The van der Waals surface area contributed by atoms with Crippen LogP contribution < -0.4 is 5.73 Å². The molecule has 4 nitrogen and oxygen atoms in total. The van der Waals surface area contributed by atoms with Crippen LogP contribution in [0.5, 0.6) is 0 Å². The van der Waals surface area contributed by atoms with Crippen molar-refractivity contribution in [2.24, 2.45) is 5.73 Å². The summed E-state index contributed by atoms with van der Waals surface area (Å²) in [6.07, 6.45) is 0.865. The van der Waals surface area contributed by atoms with Crippen LogP contribution in [0, 0.1) is 12.3 Å². The van der Waals surface area contributed by atoms with Crippen molar-refractivity contribution in [2.75, 3.05) is 7.05 Å². The lowest BCUT2D eigenvalue weighted by Gasteiger charge is -2.25. The molecule has 0 amide bonds. The molecule has 0 spiro atoms. The van der Waals surface area contributed by atoms with Crippen LogP contribution in [-0.4, -0.2) is 28.8 Å². The first-order valence-electron chi connectivity index (χ1n) is 4.99. The number of likely N-dealkylation sites (N-methyl/N-ethyl adjacent to an activating group) is 1. The predicted molar refractivity (Wildman–Crippen MR) is 64.3 cm³/mol. The van der Waals surface area contributed by atoms with Gasteiger partial charge in [0, 0.05) is 11.4 Å². The molecule has 5 heteroatoms. The van der Waals surface area contributed by atoms with Crippen LogP contribution in [0.3, 0.4) is 0 Å². The Bertz CT molecular complexity index is 334. The summed E-state index contributed by atoms with van der Waals surface area (Å²) < 4.78 is 0. The molecule has 1 aromatic heterocycles. The van der Waals surface area contributed by atoms with E-state index in [0.29, 0.717) is 0 Å². The molecular formula is C10H18N4S. The molecule has 1 unspecified atom stereocenters. The normalized spacial score (nSPS) is 13.1. The quantitative estimate of drug-likeness (QED) is 0.592. The zero-order chi connectivity index (χ0) is 11.4. The van der Waals surface area contributed by atoms with Gasteiger partial charge >= 0.3 is 0 Å². The molecule has 1 rings (SSSR count). The highest BCUT2D eigenvalue weighted by Gasteiger charge is 2.17. The second-order valence-corrected chi connectivity index (χ2v) is 4.59. The minimum atomic E-state index is 0.0338. The minimum absolute atomic E-state index is 0.0338. The van der Waals surface area contributed by atoms with Gasteiger partial charge in [0.1, 0.15) is 5.84 Å². The third-order valence-electron chi connectivity index (χ3n) is 2.52. The molecule has 0 aromatic carbocycles. The summed E-state index contributed by atoms with van der Waals surface area (Å²) in [5.41, 5.74) is 8.47. The first-order chi connectivity index (χ1) is 7.06. The summed E-state index contributed by atoms with van der Waals surface area (Å²) in [6, 6.07) is 0.0338. The Hall–Kier alpha value is -0.940. The zero-order valence-corrected chi connectivity index (χ0v) is 10.3. The van der Waals surface area contributed by atoms with Gasteiger partial charge in [0.25, 0.3) is 0 Å². The molecule has 1 heterocycles. The molecular weight excluding hydrogens is 208 g/mol. The topological polar surface area (TPSA) is 66.0 Å². The smallest absolute Gasteiger partial charge is 0.108 e. The summed E-state index contributed by atoms with van der Waals surface area (Å²) in [5.74, 6) is 0.238. The largest absolute Gasteiger partial charge is 0.386 e. The van der Waals surface area contributed by atoms with Crippen molar-refractivity contribution in [3.8, 4) is 0 Å². The van der Waals surface area contributed by atoms with Crippen molar-refractivity contribution < 1.29 is 0 Å². The number of hydrogen-bond donors (Lipinski definition) is 2. The van der Waals surface area contributed by atoms with Gasteiger partial charge in [0.15, 0.2) is 0 Å². The van der Waals surface area contributed by atoms with Crippen molar-refractivity contribution in [1.29, 1.82) is 5.41 Å². The molecule has 1 atom stereocenters. The van der Waals surface area contributed by atoms with Crippen LogP contribution >= 0.6 is 11.3 Å². The van der Waals surface area contributed by atoms with Crippen LogP contribution in [-0.2, 0) is 6.54 Å². The second kappa shape index (κ2) is 5.23. The van der Waals surface area contributed by atoms with E-state index in [9.17, 15) is 0 Å². The zero-order valence-electron chi connectivity index (χ0n) is 9.45. The van der Waals surface area contributed by atoms with Gasteiger partial charge in [-0.15, -0.1) is 11.3 Å². The fraction of sp³-hybridized carbons (Fsp3) is 0.600. The monoisotopic (exact) mass is 226 g/mol. The third kappa shape index (κ3) is 3.00. The third-order valence-corrected chi connectivity index (χ3v) is 3.44. The molecule has 0 aliphatic rings. The Balaban J connectivity index is 2.66. The number of nitrogens with zero attached hydrogens (tertiary/aromatic N) is 2. The van der Waals surface area contributed by atoms with Crippen molar-refractivity contribution in [2.45, 2.75) is 32.9 Å². The molecule has 0 saturated heterocycles. The average Bonchev–Trinajstić information content (AvgIpc) is 2.52. The Morgan fingerprint density at radius 1 is 1.73 bits per heavy atom. The van der Waals surface area contributed by atoms with Crippen LogP contribution in [0.1, 0.15) is 23.9 Å². The molecule has 15 heavy (non-hydrogen) atoms. The van der Waals surface area contributed by atoms with Gasteiger partial charge in [-0.3, -0.25) is 10.3 Å². The van der Waals surface area contributed by atoms with E-state index in [1.165, 1.54) is 4.88 Å². The van der Waals surface area contributed by atoms with E-state index in [0.717, 1.165) is 18.7 Å². The number of aromatic nitrogens is 1. The highest BCUT2D eigenvalue weighted by atomic mass is 32.1. The Morgan fingerprint density at radius 2 is 2.40 bits per heavy atom. The molecule has 3 N–H and O–H groups in total. The van der Waals surface area contributed by atoms with E-state index in [4.69, 9.17) is 11.1 Å². The molecule has 0 bridgehead atoms. The average molecular weight is 226 g/mol. The fourth-order valence-electron chi connectivity index (χ4n) is 1.58. The van der Waals surface area contributed by atoms with Gasteiger partial charge < -0.3 is 5.73 Å². The summed E-state index contributed by atoms with van der Waals surface area (Å²) in [7, 11) is 1.99. The van der Waals surface area contributed by atoms with Gasteiger partial charge in [0.05, 0.1) is 17.2 Å². The lowest BCUT2D eigenvalue weighted by molar-refractivity contribution is 0.282. The SMILES string of the molecule is CCC(C(=N)N)N(C)Cc1scnc1C. The Kier molecular flexibility index (Phi) is 4.23. The van der Waals surface area contributed by atoms with Crippen LogP contribution in [0.15, 0.2) is 5.51 Å². The maximum atomic E-state index is 7.49. The van der Waals surface area contributed by atoms with Crippen LogP contribution in [0.25, 0.3) is 0 Å². The lowest BCUT2D eigenvalue weighted by Crippen LogP contribution is -2.41. The summed E-state index contributed by atoms with van der Waals surface area (Å²) in [4.78, 5) is 7.55. The Morgan fingerprint density at radius 3 is 2.80 bits per heavy atom. The summed E-state index contributed by atoms with van der Waals surface area (Å²) >= 11 is 1.65. The molecule has 1 aromatic rings. The van der Waals surface area contributed by atoms with Gasteiger partial charge in [-0.1, -0.05) is 6.92 Å². The number of aryl methyl sites for hydroxylation is 1. The van der Waals surface area contributed by atoms with Crippen LogP contribution in [0.2, 0.25) is 0 Å². The molecule has 0 saturated carbocycles. The van der Waals surface area contributed by atoms with E-state index in [-0.39, 0.29) is 11.9 Å². The standard InChI is InChI=1S/C10H18N4S/c1-4-8(10(11)12)14(3)5-9-7(2)13-6-15-9/h6,8H,4-5H2,1-3H3,(H3,11,12). The molecule has 84 valence electrons. The number of hydrogen-bond acceptors (Lipinski definition) is 4. The predicted octanol–water partition coefficient (Wildman–Crippen LogP) is 1.60. The number of amidine groups is 1. The highest BCUT2D eigenvalue weighted by Crippen LogP contribution is 2.16. The van der Waals surface area contributed by atoms with Crippen molar-refractivity contribution in [3.63, 3.8) is 0 Å². The van der Waals surface area contributed by atoms with Crippen molar-refractivity contribution in [1.82, 2.24) is 9.88 Å². The maximum absolute atomic E-state index is 7.49. The van der Waals surface area contributed by atoms with Gasteiger partial charge in [0.2, 0.25) is 0 Å². The van der Waals surface area contributed by atoms with E-state index in [1.54, 1.807) is 11.3 Å².